The maximum Gasteiger partial charge on any atom is 0.316 e. The van der Waals surface area contributed by atoms with E-state index in [0.717, 1.165) is 5.56 Å². The van der Waals surface area contributed by atoms with Gasteiger partial charge in [0.05, 0.1) is 18.7 Å². The SMILES string of the molecule is COc1ncc(C(=O)N2C[C@@H]3CN(C(C)=O)[C@H](c4ccccc4)[C@@H]3C2)cn1. The molecule has 7 nitrogen and oxygen atoms in total. The largest absolute Gasteiger partial charge is 0.467 e. The van der Waals surface area contributed by atoms with Crippen LogP contribution in [0.15, 0.2) is 42.7 Å². The molecule has 0 radical (unpaired) electrons. The molecular weight excluding hydrogens is 344 g/mol. The highest BCUT2D eigenvalue weighted by atomic mass is 16.5. The van der Waals surface area contributed by atoms with Crippen molar-refractivity contribution < 1.29 is 14.3 Å². The second-order valence-corrected chi connectivity index (χ2v) is 7.12. The van der Waals surface area contributed by atoms with Gasteiger partial charge in [-0.05, 0) is 5.56 Å². The van der Waals surface area contributed by atoms with E-state index in [1.165, 1.54) is 19.5 Å². The Balaban J connectivity index is 1.55. The molecular formula is C20H22N4O3. The Morgan fingerprint density at radius 2 is 1.78 bits per heavy atom. The Morgan fingerprint density at radius 3 is 2.41 bits per heavy atom. The first-order valence-corrected chi connectivity index (χ1v) is 9.06. The monoisotopic (exact) mass is 366 g/mol. The van der Waals surface area contributed by atoms with Crippen molar-refractivity contribution in [2.24, 2.45) is 11.8 Å². The maximum absolute atomic E-state index is 12.9. The zero-order valence-electron chi connectivity index (χ0n) is 15.4. The number of likely N-dealkylation sites (tertiary alicyclic amines) is 2. The Bertz CT molecular complexity index is 840. The molecule has 2 saturated heterocycles. The Hall–Kier alpha value is -2.96. The Morgan fingerprint density at radius 1 is 1.07 bits per heavy atom. The first-order valence-electron chi connectivity index (χ1n) is 9.06. The quantitative estimate of drug-likeness (QED) is 0.828. The lowest BCUT2D eigenvalue weighted by molar-refractivity contribution is -0.130. The Labute approximate surface area is 158 Å². The number of methoxy groups -OCH3 is 1. The molecule has 0 aliphatic carbocycles. The molecule has 140 valence electrons. The molecule has 2 fully saturated rings. The number of aromatic nitrogens is 2. The van der Waals surface area contributed by atoms with E-state index in [1.54, 1.807) is 6.92 Å². The minimum absolute atomic E-state index is 0.0126. The van der Waals surface area contributed by atoms with Gasteiger partial charge in [-0.1, -0.05) is 30.3 Å². The van der Waals surface area contributed by atoms with Gasteiger partial charge in [0.2, 0.25) is 5.91 Å². The third-order valence-electron chi connectivity index (χ3n) is 5.55. The molecule has 0 spiro atoms. The van der Waals surface area contributed by atoms with Crippen molar-refractivity contribution in [3.05, 3.63) is 53.9 Å². The second-order valence-electron chi connectivity index (χ2n) is 7.12. The number of carbonyl (C=O) groups is 2. The second kappa shape index (κ2) is 6.98. The van der Waals surface area contributed by atoms with Gasteiger partial charge in [-0.3, -0.25) is 9.59 Å². The fraction of sp³-hybridized carbons (Fsp3) is 0.400. The van der Waals surface area contributed by atoms with Gasteiger partial charge in [-0.2, -0.15) is 0 Å². The van der Waals surface area contributed by atoms with E-state index in [-0.39, 0.29) is 35.7 Å². The van der Waals surface area contributed by atoms with Crippen molar-refractivity contribution in [2.45, 2.75) is 13.0 Å². The molecule has 0 bridgehead atoms. The lowest BCUT2D eigenvalue weighted by Gasteiger charge is -2.29. The van der Waals surface area contributed by atoms with Crippen LogP contribution in [0.3, 0.4) is 0 Å². The molecule has 3 atom stereocenters. The van der Waals surface area contributed by atoms with E-state index in [1.807, 2.05) is 28.0 Å². The van der Waals surface area contributed by atoms with Crippen LogP contribution in [0.2, 0.25) is 0 Å². The van der Waals surface area contributed by atoms with Gasteiger partial charge in [0.25, 0.3) is 5.91 Å². The molecule has 0 unspecified atom stereocenters. The van der Waals surface area contributed by atoms with Crippen molar-refractivity contribution in [1.82, 2.24) is 19.8 Å². The average Bonchev–Trinajstić information content (AvgIpc) is 3.26. The predicted octanol–water partition coefficient (Wildman–Crippen LogP) is 1.78. The van der Waals surface area contributed by atoms with Gasteiger partial charge in [0.1, 0.15) is 0 Å². The summed E-state index contributed by atoms with van der Waals surface area (Å²) in [5, 5.41) is 0. The number of benzene rings is 1. The number of fused-ring (bicyclic) bond motifs is 1. The van der Waals surface area contributed by atoms with E-state index >= 15 is 0 Å². The topological polar surface area (TPSA) is 75.6 Å². The first kappa shape index (κ1) is 17.5. The zero-order valence-corrected chi connectivity index (χ0v) is 15.4. The van der Waals surface area contributed by atoms with Crippen LogP contribution in [-0.4, -0.2) is 58.3 Å². The number of ether oxygens (including phenoxy) is 1. The normalized spacial score (nSPS) is 24.0. The summed E-state index contributed by atoms with van der Waals surface area (Å²) in [6.45, 7) is 3.57. The average molecular weight is 366 g/mol. The molecule has 3 heterocycles. The van der Waals surface area contributed by atoms with E-state index in [4.69, 9.17) is 4.74 Å². The molecule has 2 aromatic rings. The molecule has 27 heavy (non-hydrogen) atoms. The van der Waals surface area contributed by atoms with Crippen molar-refractivity contribution in [2.75, 3.05) is 26.7 Å². The molecule has 7 heteroatoms. The van der Waals surface area contributed by atoms with Gasteiger partial charge in [-0.15, -0.1) is 0 Å². The highest BCUT2D eigenvalue weighted by Gasteiger charge is 2.49. The molecule has 4 rings (SSSR count). The van der Waals surface area contributed by atoms with Gasteiger partial charge in [0.15, 0.2) is 0 Å². The van der Waals surface area contributed by atoms with Crippen LogP contribution in [0.4, 0.5) is 0 Å². The van der Waals surface area contributed by atoms with Crippen molar-refractivity contribution >= 4 is 11.8 Å². The maximum atomic E-state index is 12.9. The standard InChI is InChI=1S/C20H22N4O3/c1-13(25)24-11-16-10-23(19(26)15-8-21-20(27-2)22-9-15)12-17(16)18(24)14-6-4-3-5-7-14/h3-9,16-18H,10-12H2,1-2H3/t16-,17-,18-/m1/s1. The van der Waals surface area contributed by atoms with E-state index in [0.29, 0.717) is 25.2 Å². The fourth-order valence-electron chi connectivity index (χ4n) is 4.33. The van der Waals surface area contributed by atoms with Gasteiger partial charge < -0.3 is 14.5 Å². The van der Waals surface area contributed by atoms with Crippen LogP contribution in [-0.2, 0) is 4.79 Å². The van der Waals surface area contributed by atoms with Crippen LogP contribution in [0, 0.1) is 11.8 Å². The summed E-state index contributed by atoms with van der Waals surface area (Å²) >= 11 is 0. The minimum Gasteiger partial charge on any atom is -0.467 e. The highest BCUT2D eigenvalue weighted by molar-refractivity contribution is 5.94. The molecule has 2 aliphatic heterocycles. The first-order chi connectivity index (χ1) is 13.1. The minimum atomic E-state index is -0.0757. The van der Waals surface area contributed by atoms with Crippen LogP contribution in [0.1, 0.15) is 28.9 Å². The van der Waals surface area contributed by atoms with Crippen molar-refractivity contribution in [3.8, 4) is 6.01 Å². The van der Waals surface area contributed by atoms with Gasteiger partial charge in [-0.25, -0.2) is 9.97 Å². The third-order valence-corrected chi connectivity index (χ3v) is 5.55. The number of rotatable bonds is 3. The van der Waals surface area contributed by atoms with Gasteiger partial charge in [0, 0.05) is 50.8 Å². The van der Waals surface area contributed by atoms with Crippen LogP contribution in [0.5, 0.6) is 6.01 Å². The van der Waals surface area contributed by atoms with Crippen LogP contribution in [0.25, 0.3) is 0 Å². The zero-order chi connectivity index (χ0) is 19.0. The number of carbonyl (C=O) groups excluding carboxylic acids is 2. The molecule has 2 aliphatic rings. The lowest BCUT2D eigenvalue weighted by Crippen LogP contribution is -2.36. The summed E-state index contributed by atoms with van der Waals surface area (Å²) in [7, 11) is 1.49. The van der Waals surface area contributed by atoms with E-state index < -0.39 is 0 Å². The molecule has 1 aromatic carbocycles. The predicted molar refractivity (Wildman–Crippen MR) is 98.0 cm³/mol. The van der Waals surface area contributed by atoms with E-state index in [2.05, 4.69) is 22.1 Å². The number of hydrogen-bond donors (Lipinski definition) is 0. The fourth-order valence-corrected chi connectivity index (χ4v) is 4.33. The summed E-state index contributed by atoms with van der Waals surface area (Å²) in [6.07, 6.45) is 3.00. The number of hydrogen-bond acceptors (Lipinski definition) is 5. The molecule has 0 N–H and O–H groups in total. The van der Waals surface area contributed by atoms with Crippen LogP contribution < -0.4 is 4.74 Å². The molecule has 1 aromatic heterocycles. The lowest BCUT2D eigenvalue weighted by atomic mass is 9.89. The highest BCUT2D eigenvalue weighted by Crippen LogP contribution is 2.45. The molecule has 2 amide bonds. The van der Waals surface area contributed by atoms with Crippen molar-refractivity contribution in [3.63, 3.8) is 0 Å². The summed E-state index contributed by atoms with van der Waals surface area (Å²) in [6, 6.07) is 10.3. The summed E-state index contributed by atoms with van der Waals surface area (Å²) in [4.78, 5) is 36.9. The van der Waals surface area contributed by atoms with Gasteiger partial charge >= 0.3 is 6.01 Å². The number of nitrogens with zero attached hydrogens (tertiary/aromatic N) is 4. The summed E-state index contributed by atoms with van der Waals surface area (Å²) < 4.78 is 4.95. The van der Waals surface area contributed by atoms with Crippen LogP contribution >= 0.6 is 0 Å². The summed E-state index contributed by atoms with van der Waals surface area (Å²) in [5.74, 6) is 0.523. The molecule has 0 saturated carbocycles. The third kappa shape index (κ3) is 3.13. The summed E-state index contributed by atoms with van der Waals surface area (Å²) in [5.41, 5.74) is 1.58. The van der Waals surface area contributed by atoms with E-state index in [9.17, 15) is 9.59 Å². The van der Waals surface area contributed by atoms with Crippen molar-refractivity contribution in [1.29, 1.82) is 0 Å². The number of amides is 2. The smallest absolute Gasteiger partial charge is 0.316 e. The Kier molecular flexibility index (Phi) is 4.51.